The van der Waals surface area contributed by atoms with Gasteiger partial charge >= 0.3 is 0 Å². The largest absolute Gasteiger partial charge is 0.356 e. The van der Waals surface area contributed by atoms with Crippen LogP contribution in [0.1, 0.15) is 71.4 Å². The zero-order valence-corrected chi connectivity index (χ0v) is 20.9. The minimum absolute atomic E-state index is 0. The first-order valence-electron chi connectivity index (χ1n) is 10.5. The van der Waals surface area contributed by atoms with E-state index < -0.39 is 0 Å². The van der Waals surface area contributed by atoms with E-state index >= 15 is 0 Å². The summed E-state index contributed by atoms with van der Waals surface area (Å²) in [6.07, 6.45) is 6.19. The van der Waals surface area contributed by atoms with Gasteiger partial charge in [-0.3, -0.25) is 4.90 Å². The van der Waals surface area contributed by atoms with E-state index in [-0.39, 0.29) is 24.0 Å². The number of aromatic nitrogens is 3. The van der Waals surface area contributed by atoms with Crippen molar-refractivity contribution in [1.82, 2.24) is 30.3 Å². The maximum atomic E-state index is 4.78. The van der Waals surface area contributed by atoms with Gasteiger partial charge in [0.15, 0.2) is 11.8 Å². The fourth-order valence-electron chi connectivity index (χ4n) is 3.74. The van der Waals surface area contributed by atoms with E-state index in [1.165, 1.54) is 25.7 Å². The Hall–Kier alpha value is -0.900. The van der Waals surface area contributed by atoms with Gasteiger partial charge in [-0.05, 0) is 53.9 Å². The molecule has 1 aromatic heterocycles. The lowest BCUT2D eigenvalue weighted by molar-refractivity contribution is 0.173. The van der Waals surface area contributed by atoms with Crippen LogP contribution in [-0.4, -0.2) is 56.8 Å². The number of aliphatic imine (C=N–C) groups is 1. The highest BCUT2D eigenvalue weighted by molar-refractivity contribution is 14.0. The Morgan fingerprint density at radius 1 is 1.18 bits per heavy atom. The third-order valence-corrected chi connectivity index (χ3v) is 5.47. The first-order chi connectivity index (χ1) is 12.9. The monoisotopic (exact) mass is 505 g/mol. The quantitative estimate of drug-likeness (QED) is 0.234. The molecular formula is C20H40IN7. The summed E-state index contributed by atoms with van der Waals surface area (Å²) in [6, 6.07) is 1.70. The van der Waals surface area contributed by atoms with Crippen LogP contribution < -0.4 is 10.6 Å². The van der Waals surface area contributed by atoms with Crippen molar-refractivity contribution in [1.29, 1.82) is 0 Å². The van der Waals surface area contributed by atoms with Gasteiger partial charge in [0.1, 0.15) is 12.4 Å². The summed E-state index contributed by atoms with van der Waals surface area (Å²) in [4.78, 5) is 7.31. The van der Waals surface area contributed by atoms with E-state index in [0.29, 0.717) is 24.7 Å². The minimum Gasteiger partial charge on any atom is -0.356 e. The highest BCUT2D eigenvalue weighted by Gasteiger charge is 2.17. The zero-order valence-electron chi connectivity index (χ0n) is 18.5. The fraction of sp³-hybridized carbons (Fsp3) is 0.850. The van der Waals surface area contributed by atoms with Crippen molar-refractivity contribution in [3.63, 3.8) is 0 Å². The molecule has 0 radical (unpaired) electrons. The van der Waals surface area contributed by atoms with Gasteiger partial charge in [0, 0.05) is 38.3 Å². The maximum absolute atomic E-state index is 4.78. The zero-order chi connectivity index (χ0) is 19.8. The number of hydrogen-bond acceptors (Lipinski definition) is 4. The summed E-state index contributed by atoms with van der Waals surface area (Å²) in [7, 11) is 1.99. The number of hydrogen-bond donors (Lipinski definition) is 2. The van der Waals surface area contributed by atoms with Gasteiger partial charge in [-0.25, -0.2) is 4.99 Å². The average molecular weight is 505 g/mol. The Balaban J connectivity index is 0.00000392. The van der Waals surface area contributed by atoms with Gasteiger partial charge < -0.3 is 15.2 Å². The molecule has 0 amide bonds. The van der Waals surface area contributed by atoms with E-state index in [4.69, 9.17) is 4.99 Å². The molecule has 0 atom stereocenters. The van der Waals surface area contributed by atoms with Crippen LogP contribution in [0.15, 0.2) is 4.99 Å². The Kier molecular flexibility index (Phi) is 11.3. The summed E-state index contributed by atoms with van der Waals surface area (Å²) in [5.74, 6) is 2.72. The molecule has 1 saturated carbocycles. The smallest absolute Gasteiger partial charge is 0.191 e. The van der Waals surface area contributed by atoms with Crippen molar-refractivity contribution in [3.8, 4) is 0 Å². The summed E-state index contributed by atoms with van der Waals surface area (Å²) >= 11 is 0. The molecule has 1 fully saturated rings. The van der Waals surface area contributed by atoms with Crippen LogP contribution in [0.4, 0.5) is 0 Å². The molecule has 162 valence electrons. The molecule has 1 aliphatic rings. The third-order valence-electron chi connectivity index (χ3n) is 5.47. The SMILES string of the molecule is Cc1nnc(CN=C(NCCCN(C(C)C)C(C)C)NC2CCCC2)n1C.I. The van der Waals surface area contributed by atoms with Gasteiger partial charge in [-0.15, -0.1) is 34.2 Å². The molecule has 1 aliphatic carbocycles. The minimum atomic E-state index is 0. The van der Waals surface area contributed by atoms with Crippen molar-refractivity contribution in [2.24, 2.45) is 12.0 Å². The lowest BCUT2D eigenvalue weighted by Crippen LogP contribution is -2.44. The second kappa shape index (κ2) is 12.6. The predicted molar refractivity (Wildman–Crippen MR) is 127 cm³/mol. The first kappa shape index (κ1) is 25.1. The topological polar surface area (TPSA) is 70.4 Å². The van der Waals surface area contributed by atoms with Gasteiger partial charge in [0.25, 0.3) is 0 Å². The summed E-state index contributed by atoms with van der Waals surface area (Å²) in [5, 5.41) is 15.5. The van der Waals surface area contributed by atoms with E-state index in [9.17, 15) is 0 Å². The second-order valence-corrected chi connectivity index (χ2v) is 8.22. The highest BCUT2D eigenvalue weighted by Crippen LogP contribution is 2.17. The molecule has 0 spiro atoms. The number of guanidine groups is 1. The molecule has 8 heteroatoms. The first-order valence-corrected chi connectivity index (χ1v) is 10.5. The predicted octanol–water partition coefficient (Wildman–Crippen LogP) is 3.23. The molecule has 0 aromatic carbocycles. The van der Waals surface area contributed by atoms with Crippen LogP contribution in [0.5, 0.6) is 0 Å². The van der Waals surface area contributed by atoms with Crippen molar-refractivity contribution < 1.29 is 0 Å². The third kappa shape index (κ3) is 7.85. The van der Waals surface area contributed by atoms with Crippen LogP contribution in [0, 0.1) is 6.92 Å². The molecule has 2 N–H and O–H groups in total. The Bertz CT molecular complexity index is 583. The number of nitrogens with zero attached hydrogens (tertiary/aromatic N) is 5. The molecule has 1 aromatic rings. The highest BCUT2D eigenvalue weighted by atomic mass is 127. The van der Waals surface area contributed by atoms with Crippen molar-refractivity contribution in [2.45, 2.75) is 91.4 Å². The number of rotatable bonds is 9. The number of nitrogens with one attached hydrogen (secondary N) is 2. The van der Waals surface area contributed by atoms with Crippen molar-refractivity contribution in [3.05, 3.63) is 11.6 Å². The van der Waals surface area contributed by atoms with E-state index in [1.807, 2.05) is 18.5 Å². The number of aryl methyl sites for hydroxylation is 1. The van der Waals surface area contributed by atoms with Crippen LogP contribution in [0.3, 0.4) is 0 Å². The standard InChI is InChI=1S/C20H39N7.HI/c1-15(2)27(16(3)4)13-9-12-21-20(23-18-10-7-8-11-18)22-14-19-25-24-17(5)26(19)6;/h15-16,18H,7-14H2,1-6H3,(H2,21,22,23);1H. The van der Waals surface area contributed by atoms with Crippen molar-refractivity contribution >= 4 is 29.9 Å². The summed E-state index contributed by atoms with van der Waals surface area (Å²) in [6.45, 7) is 13.6. The summed E-state index contributed by atoms with van der Waals surface area (Å²) < 4.78 is 2.00. The lowest BCUT2D eigenvalue weighted by Gasteiger charge is -2.30. The molecule has 0 saturated heterocycles. The van der Waals surface area contributed by atoms with Gasteiger partial charge in [0.05, 0.1) is 0 Å². The van der Waals surface area contributed by atoms with E-state index in [2.05, 4.69) is 53.4 Å². The van der Waals surface area contributed by atoms with Crippen molar-refractivity contribution in [2.75, 3.05) is 13.1 Å². The normalized spacial score (nSPS) is 15.5. The molecule has 2 rings (SSSR count). The maximum Gasteiger partial charge on any atom is 0.191 e. The van der Waals surface area contributed by atoms with Gasteiger partial charge in [0.2, 0.25) is 0 Å². The summed E-state index contributed by atoms with van der Waals surface area (Å²) in [5.41, 5.74) is 0. The Labute approximate surface area is 188 Å². The molecule has 0 aliphatic heterocycles. The van der Waals surface area contributed by atoms with Crippen LogP contribution in [0.25, 0.3) is 0 Å². The molecule has 0 bridgehead atoms. The molecular weight excluding hydrogens is 465 g/mol. The lowest BCUT2D eigenvalue weighted by atomic mass is 10.2. The molecule has 0 unspecified atom stereocenters. The van der Waals surface area contributed by atoms with Gasteiger partial charge in [-0.2, -0.15) is 0 Å². The van der Waals surface area contributed by atoms with E-state index in [1.54, 1.807) is 0 Å². The Morgan fingerprint density at radius 2 is 1.82 bits per heavy atom. The number of halogens is 1. The fourth-order valence-corrected chi connectivity index (χ4v) is 3.74. The Morgan fingerprint density at radius 3 is 2.36 bits per heavy atom. The molecule has 1 heterocycles. The molecule has 7 nitrogen and oxygen atoms in total. The van der Waals surface area contributed by atoms with Crippen LogP contribution in [-0.2, 0) is 13.6 Å². The van der Waals surface area contributed by atoms with Gasteiger partial charge in [-0.1, -0.05) is 12.8 Å². The second-order valence-electron chi connectivity index (χ2n) is 8.22. The van der Waals surface area contributed by atoms with Crippen LogP contribution >= 0.6 is 24.0 Å². The molecule has 28 heavy (non-hydrogen) atoms. The van der Waals surface area contributed by atoms with Crippen LogP contribution in [0.2, 0.25) is 0 Å². The van der Waals surface area contributed by atoms with E-state index in [0.717, 1.165) is 37.1 Å². The average Bonchev–Trinajstić information content (AvgIpc) is 3.23.